The van der Waals surface area contributed by atoms with Gasteiger partial charge in [-0.15, -0.1) is 0 Å². The molecule has 2 aromatic carbocycles. The van der Waals surface area contributed by atoms with E-state index in [1.807, 2.05) is 30.3 Å². The van der Waals surface area contributed by atoms with Gasteiger partial charge in [-0.25, -0.2) is 0 Å². The number of hydrogen-bond acceptors (Lipinski definition) is 3. The topological polar surface area (TPSA) is 46.6 Å². The summed E-state index contributed by atoms with van der Waals surface area (Å²) in [5, 5.41) is 0. The van der Waals surface area contributed by atoms with Gasteiger partial charge in [-0.3, -0.25) is 14.5 Å². The summed E-state index contributed by atoms with van der Waals surface area (Å²) in [6, 6.07) is 15.0. The van der Waals surface area contributed by atoms with Crippen LogP contribution in [-0.2, 0) is 0 Å². The normalized spacial score (nSPS) is 22.8. The Balaban J connectivity index is 1.69. The maximum atomic E-state index is 12.8. The third-order valence-corrected chi connectivity index (χ3v) is 5.16. The van der Waals surface area contributed by atoms with E-state index < -0.39 is 0 Å². The molecule has 1 heterocycles. The van der Waals surface area contributed by atoms with Crippen molar-refractivity contribution in [3.8, 4) is 5.75 Å². The number of imide groups is 1. The maximum absolute atomic E-state index is 12.8. The lowest BCUT2D eigenvalue weighted by atomic mass is 9.93. The first-order valence-electron chi connectivity index (χ1n) is 8.31. The third kappa shape index (κ3) is 2.21. The zero-order chi connectivity index (χ0) is 16.7. The highest BCUT2D eigenvalue weighted by Gasteiger charge is 2.44. The van der Waals surface area contributed by atoms with Gasteiger partial charge in [0.05, 0.1) is 18.2 Å². The molecule has 2 aliphatic rings. The molecule has 24 heavy (non-hydrogen) atoms. The van der Waals surface area contributed by atoms with Crippen LogP contribution in [-0.4, -0.2) is 29.9 Å². The van der Waals surface area contributed by atoms with E-state index in [1.165, 1.54) is 4.90 Å². The second kappa shape index (κ2) is 5.78. The first kappa shape index (κ1) is 14.9. The van der Waals surface area contributed by atoms with E-state index in [0.717, 1.165) is 30.6 Å². The molecule has 4 heteroatoms. The lowest BCUT2D eigenvalue weighted by Gasteiger charge is -2.28. The highest BCUT2D eigenvalue weighted by molar-refractivity contribution is 6.21. The minimum atomic E-state index is -0.157. The van der Waals surface area contributed by atoms with Gasteiger partial charge in [0.1, 0.15) is 5.75 Å². The number of hydrogen-bond donors (Lipinski definition) is 0. The Bertz CT molecular complexity index is 779. The van der Waals surface area contributed by atoms with Gasteiger partial charge in [0.15, 0.2) is 0 Å². The number of nitrogens with zero attached hydrogens (tertiary/aromatic N) is 1. The fourth-order valence-electron chi connectivity index (χ4n) is 4.02. The van der Waals surface area contributed by atoms with E-state index >= 15 is 0 Å². The van der Waals surface area contributed by atoms with E-state index in [-0.39, 0.29) is 23.8 Å². The number of rotatable bonds is 3. The van der Waals surface area contributed by atoms with Crippen LogP contribution in [0.3, 0.4) is 0 Å². The van der Waals surface area contributed by atoms with Crippen LogP contribution in [0.5, 0.6) is 5.75 Å². The van der Waals surface area contributed by atoms with Crippen LogP contribution in [0.2, 0.25) is 0 Å². The number of ether oxygens (including phenoxy) is 1. The molecule has 0 radical (unpaired) electrons. The van der Waals surface area contributed by atoms with Crippen LogP contribution < -0.4 is 4.74 Å². The summed E-state index contributed by atoms with van der Waals surface area (Å²) in [7, 11) is 1.65. The van der Waals surface area contributed by atoms with Crippen LogP contribution in [0.25, 0.3) is 0 Å². The summed E-state index contributed by atoms with van der Waals surface area (Å²) < 4.78 is 5.32. The van der Waals surface area contributed by atoms with Crippen molar-refractivity contribution in [2.45, 2.75) is 31.2 Å². The van der Waals surface area contributed by atoms with Crippen molar-refractivity contribution in [3.63, 3.8) is 0 Å². The van der Waals surface area contributed by atoms with Crippen molar-refractivity contribution >= 4 is 11.8 Å². The number of carbonyl (C=O) groups excluding carboxylic acids is 2. The van der Waals surface area contributed by atoms with Gasteiger partial charge in [-0.1, -0.05) is 30.7 Å². The number of carbonyl (C=O) groups is 2. The predicted molar refractivity (Wildman–Crippen MR) is 90.3 cm³/mol. The lowest BCUT2D eigenvalue weighted by Crippen LogP contribution is -2.41. The maximum Gasteiger partial charge on any atom is 0.261 e. The van der Waals surface area contributed by atoms with Crippen molar-refractivity contribution in [1.82, 2.24) is 4.90 Å². The molecule has 0 N–H and O–H groups in total. The Morgan fingerprint density at radius 2 is 1.67 bits per heavy atom. The van der Waals surface area contributed by atoms with Gasteiger partial charge >= 0.3 is 0 Å². The fraction of sp³-hybridized carbons (Fsp3) is 0.300. The number of amides is 2. The van der Waals surface area contributed by atoms with Crippen LogP contribution in [0.1, 0.15) is 51.5 Å². The zero-order valence-electron chi connectivity index (χ0n) is 13.6. The van der Waals surface area contributed by atoms with Gasteiger partial charge in [0.25, 0.3) is 11.8 Å². The minimum absolute atomic E-state index is 0.0792. The predicted octanol–water partition coefficient (Wildman–Crippen LogP) is 3.63. The van der Waals surface area contributed by atoms with Crippen molar-refractivity contribution in [1.29, 1.82) is 0 Å². The molecule has 122 valence electrons. The summed E-state index contributed by atoms with van der Waals surface area (Å²) >= 11 is 0. The highest BCUT2D eigenvalue weighted by atomic mass is 16.5. The van der Waals surface area contributed by atoms with E-state index in [2.05, 4.69) is 6.07 Å². The van der Waals surface area contributed by atoms with Crippen molar-refractivity contribution in [2.75, 3.05) is 7.11 Å². The summed E-state index contributed by atoms with van der Waals surface area (Å²) in [6.07, 6.45) is 2.85. The standard InChI is InChI=1S/C20H19NO3/c1-24-14-7-4-6-13(12-14)15-10-5-11-18(15)21-19(22)16-8-2-3-9-17(16)20(21)23/h2-4,6-9,12,15,18H,5,10-11H2,1H3/t15-,18-/m1/s1. The summed E-state index contributed by atoms with van der Waals surface area (Å²) in [4.78, 5) is 27.0. The zero-order valence-corrected chi connectivity index (χ0v) is 13.6. The number of methoxy groups -OCH3 is 1. The SMILES string of the molecule is COc1cccc([C@H]2CCC[C@H]2N2C(=O)c3ccccc3C2=O)c1. The molecule has 1 aliphatic carbocycles. The Labute approximate surface area is 141 Å². The molecule has 0 saturated heterocycles. The molecule has 1 fully saturated rings. The quantitative estimate of drug-likeness (QED) is 0.811. The molecule has 2 amide bonds. The molecule has 0 spiro atoms. The summed E-state index contributed by atoms with van der Waals surface area (Å²) in [5.41, 5.74) is 2.19. The van der Waals surface area contributed by atoms with Gasteiger partial charge < -0.3 is 4.74 Å². The van der Waals surface area contributed by atoms with Crippen molar-refractivity contribution < 1.29 is 14.3 Å². The van der Waals surface area contributed by atoms with Gasteiger partial charge in [0.2, 0.25) is 0 Å². The van der Waals surface area contributed by atoms with Crippen LogP contribution in [0, 0.1) is 0 Å². The molecular formula is C20H19NO3. The van der Waals surface area contributed by atoms with Crippen LogP contribution in [0.15, 0.2) is 48.5 Å². The molecule has 0 unspecified atom stereocenters. The average molecular weight is 321 g/mol. The van der Waals surface area contributed by atoms with E-state index in [0.29, 0.717) is 11.1 Å². The summed E-state index contributed by atoms with van der Waals surface area (Å²) in [5.74, 6) is 0.661. The average Bonchev–Trinajstić information content (AvgIpc) is 3.19. The Hall–Kier alpha value is -2.62. The van der Waals surface area contributed by atoms with Gasteiger partial charge in [-0.05, 0) is 42.7 Å². The number of benzene rings is 2. The smallest absolute Gasteiger partial charge is 0.261 e. The summed E-state index contributed by atoms with van der Waals surface area (Å²) in [6.45, 7) is 0. The largest absolute Gasteiger partial charge is 0.497 e. The molecule has 4 rings (SSSR count). The molecular weight excluding hydrogens is 302 g/mol. The Kier molecular flexibility index (Phi) is 3.60. The fourth-order valence-corrected chi connectivity index (χ4v) is 4.02. The monoisotopic (exact) mass is 321 g/mol. The van der Waals surface area contributed by atoms with Crippen LogP contribution in [0.4, 0.5) is 0 Å². The molecule has 0 aromatic heterocycles. The van der Waals surface area contributed by atoms with Crippen molar-refractivity contribution in [2.24, 2.45) is 0 Å². The third-order valence-electron chi connectivity index (χ3n) is 5.16. The second-order valence-corrected chi connectivity index (χ2v) is 6.41. The molecule has 0 bridgehead atoms. The highest BCUT2D eigenvalue weighted by Crippen LogP contribution is 2.41. The van der Waals surface area contributed by atoms with Gasteiger partial charge in [-0.2, -0.15) is 0 Å². The molecule has 1 aliphatic heterocycles. The Morgan fingerprint density at radius 3 is 2.33 bits per heavy atom. The molecule has 4 nitrogen and oxygen atoms in total. The molecule has 2 aromatic rings. The Morgan fingerprint density at radius 1 is 0.958 bits per heavy atom. The van der Waals surface area contributed by atoms with Crippen molar-refractivity contribution in [3.05, 3.63) is 65.2 Å². The first-order valence-corrected chi connectivity index (χ1v) is 8.31. The molecule has 1 saturated carbocycles. The van der Waals surface area contributed by atoms with Gasteiger partial charge in [0, 0.05) is 12.0 Å². The lowest BCUT2D eigenvalue weighted by molar-refractivity contribution is 0.0574. The molecule has 2 atom stereocenters. The van der Waals surface area contributed by atoms with Crippen LogP contribution >= 0.6 is 0 Å². The first-order chi connectivity index (χ1) is 11.7. The van der Waals surface area contributed by atoms with E-state index in [9.17, 15) is 9.59 Å². The van der Waals surface area contributed by atoms with E-state index in [1.54, 1.807) is 19.2 Å². The second-order valence-electron chi connectivity index (χ2n) is 6.41. The number of fused-ring (bicyclic) bond motifs is 1. The minimum Gasteiger partial charge on any atom is -0.497 e. The van der Waals surface area contributed by atoms with E-state index in [4.69, 9.17) is 4.74 Å².